The number of anilines is 1. The molecule has 3 N–H and O–H groups in total. The topological polar surface area (TPSA) is 113 Å². The van der Waals surface area contributed by atoms with E-state index in [4.69, 9.17) is 9.26 Å². The quantitative estimate of drug-likeness (QED) is 0.588. The highest BCUT2D eigenvalue weighted by atomic mass is 19.1. The van der Waals surface area contributed by atoms with Gasteiger partial charge in [-0.25, -0.2) is 9.18 Å². The summed E-state index contributed by atoms with van der Waals surface area (Å²) in [6.45, 7) is 6.42. The molecule has 0 bridgehead atoms. The van der Waals surface area contributed by atoms with E-state index in [0.29, 0.717) is 5.56 Å². The summed E-state index contributed by atoms with van der Waals surface area (Å²) in [6, 6.07) is 5.84. The fourth-order valence-electron chi connectivity index (χ4n) is 2.62. The van der Waals surface area contributed by atoms with Crippen LogP contribution in [0.2, 0.25) is 0 Å². The van der Waals surface area contributed by atoms with E-state index in [1.165, 1.54) is 25.3 Å². The number of aromatic carboxylic acids is 1. The number of hydrogen-bond donors (Lipinski definition) is 3. The Hall–Kier alpha value is -3.36. The molecular formula is C19H21FN4O4. The first-order valence-electron chi connectivity index (χ1n) is 8.56. The van der Waals surface area contributed by atoms with Gasteiger partial charge in [0.2, 0.25) is 0 Å². The molecule has 2 heterocycles. The molecular weight excluding hydrogens is 367 g/mol. The van der Waals surface area contributed by atoms with Crippen LogP contribution in [-0.4, -0.2) is 33.5 Å². The van der Waals surface area contributed by atoms with Gasteiger partial charge in [0.1, 0.15) is 0 Å². The average Bonchev–Trinajstić information content (AvgIpc) is 3.27. The van der Waals surface area contributed by atoms with Crippen molar-refractivity contribution in [1.29, 1.82) is 0 Å². The van der Waals surface area contributed by atoms with Gasteiger partial charge in [0.15, 0.2) is 28.7 Å². The molecule has 2 aromatic heterocycles. The molecule has 0 unspecified atom stereocenters. The van der Waals surface area contributed by atoms with Gasteiger partial charge in [-0.05, 0) is 24.3 Å². The standard InChI is InChI=1S/C19H21FN4O4/c1-19(2,3)14-8-11(22-23-14)9-21-17-15(18(25)26)16(28-24-17)10-5-6-12(20)13(7-10)27-4/h5-8H,9H2,1-4H3,(H,21,24)(H,22,23)(H,25,26). The lowest BCUT2D eigenvalue weighted by Gasteiger charge is -2.13. The maximum absolute atomic E-state index is 13.6. The predicted molar refractivity (Wildman–Crippen MR) is 100 cm³/mol. The minimum absolute atomic E-state index is 0.00768. The van der Waals surface area contributed by atoms with Crippen molar-refractivity contribution in [2.24, 2.45) is 0 Å². The molecule has 0 aliphatic rings. The zero-order valence-corrected chi connectivity index (χ0v) is 16.0. The van der Waals surface area contributed by atoms with Crippen LogP contribution in [0.25, 0.3) is 11.3 Å². The lowest BCUT2D eigenvalue weighted by atomic mass is 9.92. The fourth-order valence-corrected chi connectivity index (χ4v) is 2.62. The Kier molecular flexibility index (Phi) is 5.08. The van der Waals surface area contributed by atoms with Crippen LogP contribution >= 0.6 is 0 Å². The summed E-state index contributed by atoms with van der Waals surface area (Å²) >= 11 is 0. The summed E-state index contributed by atoms with van der Waals surface area (Å²) in [5.41, 5.74) is 1.75. The van der Waals surface area contributed by atoms with Gasteiger partial charge in [0.05, 0.1) is 25.0 Å². The second kappa shape index (κ2) is 7.34. The summed E-state index contributed by atoms with van der Waals surface area (Å²) in [4.78, 5) is 11.8. The van der Waals surface area contributed by atoms with Gasteiger partial charge in [0.25, 0.3) is 0 Å². The number of halogens is 1. The van der Waals surface area contributed by atoms with Crippen molar-refractivity contribution in [1.82, 2.24) is 15.4 Å². The molecule has 0 atom stereocenters. The molecule has 0 saturated carbocycles. The molecule has 1 aromatic carbocycles. The van der Waals surface area contributed by atoms with E-state index < -0.39 is 11.8 Å². The molecule has 0 radical (unpaired) electrons. The molecule has 8 nitrogen and oxygen atoms in total. The minimum Gasteiger partial charge on any atom is -0.494 e. The Bertz CT molecular complexity index is 1000. The number of rotatable bonds is 6. The second-order valence-corrected chi connectivity index (χ2v) is 7.27. The van der Waals surface area contributed by atoms with Crippen molar-refractivity contribution in [2.45, 2.75) is 32.7 Å². The van der Waals surface area contributed by atoms with Crippen LogP contribution in [0.1, 0.15) is 42.5 Å². The van der Waals surface area contributed by atoms with E-state index in [-0.39, 0.29) is 34.9 Å². The maximum Gasteiger partial charge on any atom is 0.343 e. The van der Waals surface area contributed by atoms with Crippen LogP contribution in [0.15, 0.2) is 28.8 Å². The van der Waals surface area contributed by atoms with E-state index in [1.807, 2.05) is 26.8 Å². The number of nitrogens with zero attached hydrogens (tertiary/aromatic N) is 2. The molecule has 0 amide bonds. The Morgan fingerprint density at radius 2 is 2.11 bits per heavy atom. The number of methoxy groups -OCH3 is 1. The maximum atomic E-state index is 13.6. The van der Waals surface area contributed by atoms with Crippen molar-refractivity contribution in [3.63, 3.8) is 0 Å². The second-order valence-electron chi connectivity index (χ2n) is 7.27. The van der Waals surface area contributed by atoms with Crippen LogP contribution in [0, 0.1) is 5.82 Å². The van der Waals surface area contributed by atoms with Gasteiger partial charge in [-0.15, -0.1) is 0 Å². The van der Waals surface area contributed by atoms with Crippen molar-refractivity contribution in [2.75, 3.05) is 12.4 Å². The van der Waals surface area contributed by atoms with Gasteiger partial charge in [-0.1, -0.05) is 25.9 Å². The number of aromatic nitrogens is 3. The number of benzene rings is 1. The number of carboxylic acid groups (broad SMARTS) is 1. The molecule has 0 saturated heterocycles. The van der Waals surface area contributed by atoms with E-state index in [9.17, 15) is 14.3 Å². The molecule has 148 valence electrons. The Labute approximate surface area is 160 Å². The molecule has 3 rings (SSSR count). The van der Waals surface area contributed by atoms with Crippen molar-refractivity contribution < 1.29 is 23.6 Å². The fraction of sp³-hybridized carbons (Fsp3) is 0.316. The van der Waals surface area contributed by atoms with E-state index in [2.05, 4.69) is 20.7 Å². The predicted octanol–water partition coefficient (Wildman–Crippen LogP) is 3.82. The van der Waals surface area contributed by atoms with Crippen LogP contribution in [0.5, 0.6) is 5.75 Å². The van der Waals surface area contributed by atoms with Gasteiger partial charge in [-0.2, -0.15) is 5.10 Å². The lowest BCUT2D eigenvalue weighted by molar-refractivity contribution is 0.0698. The molecule has 0 spiro atoms. The highest BCUT2D eigenvalue weighted by Crippen LogP contribution is 2.32. The lowest BCUT2D eigenvalue weighted by Crippen LogP contribution is -2.11. The summed E-state index contributed by atoms with van der Waals surface area (Å²) in [5, 5.41) is 23.6. The van der Waals surface area contributed by atoms with Gasteiger partial charge < -0.3 is 19.7 Å². The Morgan fingerprint density at radius 1 is 1.36 bits per heavy atom. The van der Waals surface area contributed by atoms with Crippen LogP contribution in [0.4, 0.5) is 10.2 Å². The summed E-state index contributed by atoms with van der Waals surface area (Å²) < 4.78 is 23.8. The van der Waals surface area contributed by atoms with Crippen LogP contribution in [-0.2, 0) is 12.0 Å². The largest absolute Gasteiger partial charge is 0.494 e. The number of nitrogens with one attached hydrogen (secondary N) is 2. The first kappa shape index (κ1) is 19.4. The molecule has 28 heavy (non-hydrogen) atoms. The first-order chi connectivity index (χ1) is 13.2. The average molecular weight is 388 g/mol. The van der Waals surface area contributed by atoms with Crippen molar-refractivity contribution >= 4 is 11.8 Å². The Balaban J connectivity index is 1.87. The zero-order valence-electron chi connectivity index (χ0n) is 16.0. The minimum atomic E-state index is -1.22. The van der Waals surface area contributed by atoms with E-state index in [1.54, 1.807) is 0 Å². The molecule has 9 heteroatoms. The van der Waals surface area contributed by atoms with Gasteiger partial charge in [-0.3, -0.25) is 5.10 Å². The highest BCUT2D eigenvalue weighted by molar-refractivity contribution is 5.99. The monoisotopic (exact) mass is 388 g/mol. The zero-order chi connectivity index (χ0) is 20.5. The third-order valence-corrected chi connectivity index (χ3v) is 4.16. The molecule has 0 aliphatic heterocycles. The Morgan fingerprint density at radius 3 is 2.71 bits per heavy atom. The molecule has 0 fully saturated rings. The van der Waals surface area contributed by atoms with Gasteiger partial charge >= 0.3 is 5.97 Å². The molecule has 3 aromatic rings. The third-order valence-electron chi connectivity index (χ3n) is 4.16. The van der Waals surface area contributed by atoms with Crippen LogP contribution in [0.3, 0.4) is 0 Å². The number of aromatic amines is 1. The number of carboxylic acids is 1. The normalized spacial score (nSPS) is 11.5. The number of hydrogen-bond acceptors (Lipinski definition) is 6. The van der Waals surface area contributed by atoms with Crippen molar-refractivity contribution in [3.05, 3.63) is 47.0 Å². The number of ether oxygens (including phenoxy) is 1. The van der Waals surface area contributed by atoms with Crippen LogP contribution < -0.4 is 10.1 Å². The van der Waals surface area contributed by atoms with E-state index in [0.717, 1.165) is 11.4 Å². The van der Waals surface area contributed by atoms with E-state index >= 15 is 0 Å². The summed E-state index contributed by atoms with van der Waals surface area (Å²) in [7, 11) is 1.32. The molecule has 0 aliphatic carbocycles. The first-order valence-corrected chi connectivity index (χ1v) is 8.56. The summed E-state index contributed by atoms with van der Waals surface area (Å²) in [6.07, 6.45) is 0. The summed E-state index contributed by atoms with van der Waals surface area (Å²) in [5.74, 6) is -1.73. The highest BCUT2D eigenvalue weighted by Gasteiger charge is 2.25. The number of carbonyl (C=O) groups is 1. The third kappa shape index (κ3) is 3.83. The van der Waals surface area contributed by atoms with Crippen molar-refractivity contribution in [3.8, 4) is 17.1 Å². The van der Waals surface area contributed by atoms with Gasteiger partial charge in [0, 0.05) is 11.0 Å². The number of H-pyrrole nitrogens is 1. The smallest absolute Gasteiger partial charge is 0.343 e. The SMILES string of the molecule is COc1cc(-c2onc(NCc3cc(C(C)(C)C)n[nH]3)c2C(=O)O)ccc1F.